The summed E-state index contributed by atoms with van der Waals surface area (Å²) in [5, 5.41) is 0. The van der Waals surface area contributed by atoms with Crippen molar-refractivity contribution >= 4 is 17.0 Å². The van der Waals surface area contributed by atoms with Crippen molar-refractivity contribution < 1.29 is 9.47 Å². The summed E-state index contributed by atoms with van der Waals surface area (Å²) in [4.78, 5) is 13.2. The lowest BCUT2D eigenvalue weighted by Crippen LogP contribution is -2.07. The first-order valence-corrected chi connectivity index (χ1v) is 7.71. The van der Waals surface area contributed by atoms with Crippen LogP contribution >= 0.6 is 0 Å². The molecular weight excluding hydrogens is 306 g/mol. The third-order valence-electron chi connectivity index (χ3n) is 3.90. The Morgan fingerprint density at radius 1 is 1.04 bits per heavy atom. The average Bonchev–Trinajstić information content (AvgIpc) is 2.89. The first kappa shape index (κ1) is 14.5. The summed E-state index contributed by atoms with van der Waals surface area (Å²) < 4.78 is 13.4. The number of anilines is 1. The number of imidazole rings is 1. The summed E-state index contributed by atoms with van der Waals surface area (Å²) in [6.45, 7) is 3.32. The van der Waals surface area contributed by atoms with Crippen LogP contribution < -0.4 is 15.2 Å². The Balaban J connectivity index is 1.91. The highest BCUT2D eigenvalue weighted by atomic mass is 16.5. The van der Waals surface area contributed by atoms with Crippen LogP contribution in [0, 0.1) is 6.92 Å². The Labute approximate surface area is 138 Å². The highest BCUT2D eigenvalue weighted by Crippen LogP contribution is 2.25. The van der Waals surface area contributed by atoms with E-state index in [1.807, 2.05) is 47.9 Å². The van der Waals surface area contributed by atoms with E-state index in [9.17, 15) is 0 Å². The fourth-order valence-electron chi connectivity index (χ4n) is 2.71. The minimum absolute atomic E-state index is 0.249. The minimum atomic E-state index is 0.249. The Hall–Kier alpha value is -3.09. The zero-order valence-corrected chi connectivity index (χ0v) is 13.3. The van der Waals surface area contributed by atoms with Crippen LogP contribution in [0.25, 0.3) is 11.2 Å². The van der Waals surface area contributed by atoms with Crippen molar-refractivity contribution in [1.29, 1.82) is 0 Å². The van der Waals surface area contributed by atoms with E-state index in [1.54, 1.807) is 0 Å². The van der Waals surface area contributed by atoms with E-state index >= 15 is 0 Å². The predicted octanol–water partition coefficient (Wildman–Crippen LogP) is 2.09. The molecule has 0 unspecified atom stereocenters. The van der Waals surface area contributed by atoms with E-state index in [-0.39, 0.29) is 6.01 Å². The molecule has 0 fully saturated rings. The summed E-state index contributed by atoms with van der Waals surface area (Å²) in [7, 11) is 0. The standard InChI is InChI=1S/C17H17N5O2/c1-11-19-14-15(18)20-17-21-16(14)22(11)10-12-6-2-3-7-13(12)23-8-4-5-9-24-17/h2-7H,8-10H2,1H3,(H2,18,20,21)/b5-4-. The number of nitrogen functional groups attached to an aromatic ring is 1. The molecule has 1 aromatic carbocycles. The second-order valence-electron chi connectivity index (χ2n) is 5.51. The number of aryl methyl sites for hydroxylation is 1. The molecule has 0 aliphatic carbocycles. The van der Waals surface area contributed by atoms with E-state index in [2.05, 4.69) is 15.0 Å². The van der Waals surface area contributed by atoms with E-state index in [0.29, 0.717) is 36.7 Å². The van der Waals surface area contributed by atoms with Gasteiger partial charge in [0.25, 0.3) is 0 Å². The maximum Gasteiger partial charge on any atom is 0.320 e. The first-order valence-electron chi connectivity index (χ1n) is 7.71. The van der Waals surface area contributed by atoms with Crippen LogP contribution in [-0.4, -0.2) is 32.7 Å². The molecule has 7 heteroatoms. The number of hydrogen-bond acceptors (Lipinski definition) is 6. The fraction of sp³-hybridized carbons (Fsp3) is 0.235. The number of aromatic nitrogens is 4. The number of nitrogens with two attached hydrogens (primary N) is 1. The molecule has 2 bridgehead atoms. The molecule has 0 spiro atoms. The predicted molar refractivity (Wildman–Crippen MR) is 90.1 cm³/mol. The highest BCUT2D eigenvalue weighted by molar-refractivity contribution is 5.82. The van der Waals surface area contributed by atoms with Gasteiger partial charge in [-0.05, 0) is 25.1 Å². The SMILES string of the molecule is Cc1nc2c(N)nc3nc2n1Cc1ccccc1OC/C=C\CO3. The Kier molecular flexibility index (Phi) is 3.53. The number of benzene rings is 1. The number of fused-ring (bicyclic) bond motifs is 2. The number of para-hydroxylation sites is 1. The van der Waals surface area contributed by atoms with Crippen LogP contribution in [0.1, 0.15) is 11.4 Å². The van der Waals surface area contributed by atoms with Crippen molar-refractivity contribution in [2.75, 3.05) is 18.9 Å². The lowest BCUT2D eigenvalue weighted by Gasteiger charge is -2.12. The normalized spacial score (nSPS) is 15.5. The molecule has 0 amide bonds. The third kappa shape index (κ3) is 2.54. The Morgan fingerprint density at radius 3 is 2.71 bits per heavy atom. The lowest BCUT2D eigenvalue weighted by molar-refractivity contribution is 0.330. The number of nitrogens with zero attached hydrogens (tertiary/aromatic N) is 4. The molecule has 2 aromatic heterocycles. The van der Waals surface area contributed by atoms with Crippen molar-refractivity contribution in [3.8, 4) is 11.8 Å². The van der Waals surface area contributed by atoms with Crippen molar-refractivity contribution in [2.45, 2.75) is 13.5 Å². The van der Waals surface area contributed by atoms with Gasteiger partial charge in [-0.1, -0.05) is 18.2 Å². The smallest absolute Gasteiger partial charge is 0.320 e. The largest absolute Gasteiger partial charge is 0.489 e. The van der Waals surface area contributed by atoms with Gasteiger partial charge in [0.15, 0.2) is 17.0 Å². The minimum Gasteiger partial charge on any atom is -0.489 e. The number of ether oxygens (including phenoxy) is 2. The molecule has 24 heavy (non-hydrogen) atoms. The van der Waals surface area contributed by atoms with Gasteiger partial charge in [-0.3, -0.25) is 0 Å². The molecule has 0 saturated heterocycles. The second-order valence-corrected chi connectivity index (χ2v) is 5.51. The van der Waals surface area contributed by atoms with Crippen LogP contribution in [0.5, 0.6) is 11.8 Å². The summed E-state index contributed by atoms with van der Waals surface area (Å²) in [5.74, 6) is 1.97. The van der Waals surface area contributed by atoms with Gasteiger partial charge in [-0.15, -0.1) is 0 Å². The van der Waals surface area contributed by atoms with Gasteiger partial charge in [0, 0.05) is 5.56 Å². The maximum absolute atomic E-state index is 6.03. The summed E-state index contributed by atoms with van der Waals surface area (Å²) in [6.07, 6.45) is 3.77. The van der Waals surface area contributed by atoms with Crippen LogP contribution in [-0.2, 0) is 6.54 Å². The lowest BCUT2D eigenvalue weighted by atomic mass is 10.2. The topological polar surface area (TPSA) is 88.1 Å². The summed E-state index contributed by atoms with van der Waals surface area (Å²) in [6, 6.07) is 8.19. The second kappa shape index (κ2) is 5.84. The summed E-state index contributed by atoms with van der Waals surface area (Å²) in [5.41, 5.74) is 8.32. The molecule has 2 N–H and O–H groups in total. The average molecular weight is 323 g/mol. The first-order chi connectivity index (χ1) is 11.7. The van der Waals surface area contributed by atoms with Gasteiger partial charge in [-0.25, -0.2) is 4.98 Å². The Bertz CT molecular complexity index is 932. The zero-order valence-electron chi connectivity index (χ0n) is 13.3. The van der Waals surface area contributed by atoms with Crippen molar-refractivity contribution in [3.05, 3.63) is 47.8 Å². The third-order valence-corrected chi connectivity index (χ3v) is 3.90. The van der Waals surface area contributed by atoms with Gasteiger partial charge in [0.2, 0.25) is 0 Å². The molecule has 3 heterocycles. The highest BCUT2D eigenvalue weighted by Gasteiger charge is 2.16. The van der Waals surface area contributed by atoms with Gasteiger partial charge in [0.05, 0.1) is 6.54 Å². The molecule has 1 aliphatic rings. The molecule has 0 saturated carbocycles. The molecule has 1 aliphatic heterocycles. The van der Waals surface area contributed by atoms with Gasteiger partial charge >= 0.3 is 6.01 Å². The van der Waals surface area contributed by atoms with Crippen LogP contribution in [0.3, 0.4) is 0 Å². The molecule has 7 nitrogen and oxygen atoms in total. The number of rotatable bonds is 0. The van der Waals surface area contributed by atoms with Crippen LogP contribution in [0.4, 0.5) is 5.82 Å². The molecule has 4 rings (SSSR count). The van der Waals surface area contributed by atoms with E-state index in [4.69, 9.17) is 15.2 Å². The molecule has 0 atom stereocenters. The summed E-state index contributed by atoms with van der Waals surface area (Å²) >= 11 is 0. The van der Waals surface area contributed by atoms with Crippen molar-refractivity contribution in [2.24, 2.45) is 0 Å². The van der Waals surface area contributed by atoms with E-state index in [1.165, 1.54) is 0 Å². The molecule has 122 valence electrons. The Morgan fingerprint density at radius 2 is 1.83 bits per heavy atom. The molecule has 0 radical (unpaired) electrons. The fourth-order valence-corrected chi connectivity index (χ4v) is 2.71. The van der Waals surface area contributed by atoms with E-state index in [0.717, 1.165) is 17.1 Å². The van der Waals surface area contributed by atoms with Crippen LogP contribution in [0.2, 0.25) is 0 Å². The zero-order chi connectivity index (χ0) is 16.5. The van der Waals surface area contributed by atoms with Gasteiger partial charge in [-0.2, -0.15) is 9.97 Å². The van der Waals surface area contributed by atoms with Crippen molar-refractivity contribution in [1.82, 2.24) is 19.5 Å². The number of hydrogen-bond donors (Lipinski definition) is 1. The maximum atomic E-state index is 6.03. The molecular formula is C17H17N5O2. The molecule has 3 aromatic rings. The van der Waals surface area contributed by atoms with E-state index < -0.39 is 0 Å². The van der Waals surface area contributed by atoms with Gasteiger partial charge < -0.3 is 19.8 Å². The quantitative estimate of drug-likeness (QED) is 0.637. The van der Waals surface area contributed by atoms with Gasteiger partial charge in [0.1, 0.15) is 24.8 Å². The van der Waals surface area contributed by atoms with Crippen LogP contribution in [0.15, 0.2) is 36.4 Å². The van der Waals surface area contributed by atoms with Crippen molar-refractivity contribution in [3.63, 3.8) is 0 Å². The monoisotopic (exact) mass is 323 g/mol.